The largest absolute Gasteiger partial charge is 0.329 e. The molecule has 0 bridgehead atoms. The van der Waals surface area contributed by atoms with Gasteiger partial charge in [0.2, 0.25) is 0 Å². The van der Waals surface area contributed by atoms with Crippen LogP contribution in [0.15, 0.2) is 0 Å². The van der Waals surface area contributed by atoms with E-state index in [-0.39, 0.29) is 5.54 Å². The molecule has 100 valence electrons. The Morgan fingerprint density at radius 3 is 2.82 bits per heavy atom. The first kappa shape index (κ1) is 13.7. The van der Waals surface area contributed by atoms with Crippen LogP contribution in [-0.4, -0.2) is 66.6 Å². The van der Waals surface area contributed by atoms with Crippen molar-refractivity contribution >= 4 is 11.8 Å². The van der Waals surface area contributed by atoms with Crippen LogP contribution in [0.4, 0.5) is 0 Å². The fourth-order valence-electron chi connectivity index (χ4n) is 3.18. The lowest BCUT2D eigenvalue weighted by Gasteiger charge is -2.45. The zero-order valence-electron chi connectivity index (χ0n) is 11.3. The van der Waals surface area contributed by atoms with E-state index in [1.807, 2.05) is 0 Å². The van der Waals surface area contributed by atoms with Crippen LogP contribution in [0.3, 0.4) is 0 Å². The topological polar surface area (TPSA) is 32.5 Å². The van der Waals surface area contributed by atoms with E-state index in [4.69, 9.17) is 5.73 Å². The Morgan fingerprint density at radius 1 is 1.47 bits per heavy atom. The zero-order chi connectivity index (χ0) is 12.3. The number of nitrogens with zero attached hydrogens (tertiary/aromatic N) is 2. The van der Waals surface area contributed by atoms with Crippen molar-refractivity contribution < 1.29 is 0 Å². The van der Waals surface area contributed by atoms with Crippen molar-refractivity contribution in [2.45, 2.75) is 37.3 Å². The summed E-state index contributed by atoms with van der Waals surface area (Å²) >= 11 is 2.08. The Labute approximate surface area is 110 Å². The molecule has 2 unspecified atom stereocenters. The molecule has 0 aromatic carbocycles. The van der Waals surface area contributed by atoms with Gasteiger partial charge in [-0.05, 0) is 52.1 Å². The Balaban J connectivity index is 1.94. The molecule has 2 rings (SSSR count). The molecule has 0 aromatic rings. The fraction of sp³-hybridized carbons (Fsp3) is 1.00. The minimum atomic E-state index is 0.270. The van der Waals surface area contributed by atoms with Gasteiger partial charge in [0.1, 0.15) is 0 Å². The predicted molar refractivity (Wildman–Crippen MR) is 76.6 cm³/mol. The van der Waals surface area contributed by atoms with Gasteiger partial charge >= 0.3 is 0 Å². The maximum atomic E-state index is 6.08. The highest BCUT2D eigenvalue weighted by atomic mass is 32.2. The SMILES string of the molecule is CN1CCCC1CN(C)C1(CN)CCCSC1. The maximum absolute atomic E-state index is 6.08. The van der Waals surface area contributed by atoms with E-state index < -0.39 is 0 Å². The molecule has 2 N–H and O–H groups in total. The minimum absolute atomic E-state index is 0.270. The summed E-state index contributed by atoms with van der Waals surface area (Å²) in [5, 5.41) is 0. The van der Waals surface area contributed by atoms with Crippen LogP contribution in [0.1, 0.15) is 25.7 Å². The van der Waals surface area contributed by atoms with Crippen LogP contribution in [-0.2, 0) is 0 Å². The first-order chi connectivity index (χ1) is 8.18. The van der Waals surface area contributed by atoms with Gasteiger partial charge in [-0.2, -0.15) is 11.8 Å². The smallest absolute Gasteiger partial charge is 0.0419 e. The Bertz CT molecular complexity index is 241. The first-order valence-electron chi connectivity index (χ1n) is 6.87. The normalized spacial score (nSPS) is 35.6. The fourth-order valence-corrected chi connectivity index (χ4v) is 4.53. The van der Waals surface area contributed by atoms with E-state index in [1.165, 1.54) is 50.3 Å². The highest BCUT2D eigenvalue weighted by Gasteiger charge is 2.37. The van der Waals surface area contributed by atoms with Crippen molar-refractivity contribution in [3.63, 3.8) is 0 Å². The third-order valence-corrected chi connectivity index (χ3v) is 5.97. The molecule has 17 heavy (non-hydrogen) atoms. The molecule has 2 atom stereocenters. The van der Waals surface area contributed by atoms with E-state index in [0.717, 1.165) is 12.6 Å². The van der Waals surface area contributed by atoms with Gasteiger partial charge < -0.3 is 10.6 Å². The van der Waals surface area contributed by atoms with E-state index in [0.29, 0.717) is 0 Å². The molecule has 0 spiro atoms. The summed E-state index contributed by atoms with van der Waals surface area (Å²) in [5.74, 6) is 2.54. The van der Waals surface area contributed by atoms with Crippen LogP contribution in [0, 0.1) is 0 Å². The van der Waals surface area contributed by atoms with Gasteiger partial charge in [-0.25, -0.2) is 0 Å². The predicted octanol–water partition coefficient (Wildman–Crippen LogP) is 1.24. The second kappa shape index (κ2) is 5.91. The lowest BCUT2D eigenvalue weighted by atomic mass is 9.93. The molecule has 2 aliphatic heterocycles. The van der Waals surface area contributed by atoms with Gasteiger partial charge in [-0.1, -0.05) is 0 Å². The van der Waals surface area contributed by atoms with E-state index in [2.05, 4.69) is 35.7 Å². The van der Waals surface area contributed by atoms with Gasteiger partial charge in [0.25, 0.3) is 0 Å². The highest BCUT2D eigenvalue weighted by molar-refractivity contribution is 7.99. The quantitative estimate of drug-likeness (QED) is 0.821. The number of thioether (sulfide) groups is 1. The van der Waals surface area contributed by atoms with Crippen molar-refractivity contribution in [2.24, 2.45) is 5.73 Å². The Morgan fingerprint density at radius 2 is 2.29 bits per heavy atom. The second-order valence-corrected chi connectivity index (χ2v) is 6.85. The average Bonchev–Trinajstić information content (AvgIpc) is 2.76. The second-order valence-electron chi connectivity index (χ2n) is 5.74. The molecule has 2 fully saturated rings. The van der Waals surface area contributed by atoms with Crippen molar-refractivity contribution in [3.8, 4) is 0 Å². The highest BCUT2D eigenvalue weighted by Crippen LogP contribution is 2.31. The van der Waals surface area contributed by atoms with Crippen LogP contribution >= 0.6 is 11.8 Å². The molecule has 0 aromatic heterocycles. The molecule has 2 saturated heterocycles. The maximum Gasteiger partial charge on any atom is 0.0419 e. The zero-order valence-corrected chi connectivity index (χ0v) is 12.1. The van der Waals surface area contributed by atoms with E-state index >= 15 is 0 Å². The number of likely N-dealkylation sites (tertiary alicyclic amines) is 1. The third kappa shape index (κ3) is 2.98. The summed E-state index contributed by atoms with van der Waals surface area (Å²) in [6.45, 7) is 3.27. The Kier molecular flexibility index (Phi) is 4.75. The summed E-state index contributed by atoms with van der Waals surface area (Å²) in [5.41, 5.74) is 6.35. The monoisotopic (exact) mass is 257 g/mol. The van der Waals surface area contributed by atoms with Crippen LogP contribution in [0.2, 0.25) is 0 Å². The van der Waals surface area contributed by atoms with Crippen molar-refractivity contribution in [1.82, 2.24) is 9.80 Å². The van der Waals surface area contributed by atoms with Gasteiger partial charge in [0.15, 0.2) is 0 Å². The third-order valence-electron chi connectivity index (χ3n) is 4.65. The number of likely N-dealkylation sites (N-methyl/N-ethyl adjacent to an activating group) is 2. The van der Waals surface area contributed by atoms with Crippen LogP contribution < -0.4 is 5.73 Å². The van der Waals surface area contributed by atoms with Crippen molar-refractivity contribution in [3.05, 3.63) is 0 Å². The van der Waals surface area contributed by atoms with E-state index in [9.17, 15) is 0 Å². The first-order valence-corrected chi connectivity index (χ1v) is 8.03. The molecule has 0 saturated carbocycles. The van der Waals surface area contributed by atoms with Crippen molar-refractivity contribution in [1.29, 1.82) is 0 Å². The molecule has 2 heterocycles. The lowest BCUT2D eigenvalue weighted by molar-refractivity contribution is 0.103. The van der Waals surface area contributed by atoms with Crippen LogP contribution in [0.5, 0.6) is 0 Å². The molecule has 3 nitrogen and oxygen atoms in total. The molecular formula is C13H27N3S. The van der Waals surface area contributed by atoms with E-state index in [1.54, 1.807) is 0 Å². The molecular weight excluding hydrogens is 230 g/mol. The number of nitrogens with two attached hydrogens (primary N) is 1. The van der Waals surface area contributed by atoms with Gasteiger partial charge in [0.05, 0.1) is 0 Å². The molecule has 4 heteroatoms. The van der Waals surface area contributed by atoms with Gasteiger partial charge in [0, 0.05) is 30.4 Å². The lowest BCUT2D eigenvalue weighted by Crippen LogP contribution is -2.58. The summed E-state index contributed by atoms with van der Waals surface area (Å²) in [6, 6.07) is 0.746. The molecule has 2 aliphatic rings. The Hall–Kier alpha value is 0.230. The van der Waals surface area contributed by atoms with Gasteiger partial charge in [-0.15, -0.1) is 0 Å². The standard InChI is InChI=1S/C13H27N3S/c1-15-7-3-5-12(15)9-16(2)13(10-14)6-4-8-17-11-13/h12H,3-11,14H2,1-2H3. The number of hydrogen-bond acceptors (Lipinski definition) is 4. The summed E-state index contributed by atoms with van der Waals surface area (Å²) in [7, 11) is 4.54. The van der Waals surface area contributed by atoms with Gasteiger partial charge in [-0.3, -0.25) is 4.90 Å². The van der Waals surface area contributed by atoms with Crippen LogP contribution in [0.25, 0.3) is 0 Å². The summed E-state index contributed by atoms with van der Waals surface area (Å²) in [4.78, 5) is 5.07. The summed E-state index contributed by atoms with van der Waals surface area (Å²) in [6.07, 6.45) is 5.32. The molecule has 0 aliphatic carbocycles. The number of hydrogen-bond donors (Lipinski definition) is 1. The molecule has 0 amide bonds. The minimum Gasteiger partial charge on any atom is -0.329 e. The summed E-state index contributed by atoms with van der Waals surface area (Å²) < 4.78 is 0. The molecule has 0 radical (unpaired) electrons. The van der Waals surface area contributed by atoms with Crippen molar-refractivity contribution in [2.75, 3.05) is 45.2 Å². The average molecular weight is 257 g/mol. The number of rotatable bonds is 4.